The Bertz CT molecular complexity index is 1220. The van der Waals surface area contributed by atoms with Gasteiger partial charge in [-0.1, -0.05) is 29.3 Å². The number of pyridine rings is 2. The maximum atomic E-state index is 13.0. The quantitative estimate of drug-likeness (QED) is 0.521. The lowest BCUT2D eigenvalue weighted by Crippen LogP contribution is -2.27. The van der Waals surface area contributed by atoms with Crippen molar-refractivity contribution in [3.63, 3.8) is 0 Å². The van der Waals surface area contributed by atoms with Crippen LogP contribution in [0.5, 0.6) is 0 Å². The summed E-state index contributed by atoms with van der Waals surface area (Å²) >= 11 is 12.6. The molecule has 0 amide bonds. The first-order valence-electron chi connectivity index (χ1n) is 8.63. The molecule has 0 aliphatic rings. The predicted octanol–water partition coefficient (Wildman–Crippen LogP) is 3.83. The van der Waals surface area contributed by atoms with E-state index in [4.69, 9.17) is 28.0 Å². The zero-order valence-corrected chi connectivity index (χ0v) is 16.8. The smallest absolute Gasteiger partial charge is 0.293 e. The second-order valence-electron chi connectivity index (χ2n) is 6.12. The lowest BCUT2D eigenvalue weighted by molar-refractivity contribution is 0.168. The van der Waals surface area contributed by atoms with Crippen LogP contribution in [0.25, 0.3) is 22.2 Å². The molecule has 1 N–H and O–H groups in total. The number of nitrogens with zero attached hydrogens (tertiary/aromatic N) is 4. The lowest BCUT2D eigenvalue weighted by atomic mass is 10.1. The van der Waals surface area contributed by atoms with Gasteiger partial charge in [0.2, 0.25) is 5.95 Å². The molecule has 0 saturated heterocycles. The topological polar surface area (TPSA) is 81.9 Å². The Morgan fingerprint density at radius 1 is 1.14 bits per heavy atom. The molecule has 1 aromatic carbocycles. The van der Waals surface area contributed by atoms with Crippen molar-refractivity contribution in [2.75, 3.05) is 12.4 Å². The second-order valence-corrected chi connectivity index (χ2v) is 6.93. The van der Waals surface area contributed by atoms with Crippen LogP contribution in [-0.4, -0.2) is 26.8 Å². The molecule has 4 aromatic rings. The van der Waals surface area contributed by atoms with Gasteiger partial charge in [0.25, 0.3) is 5.56 Å². The normalized spacial score (nSPS) is 10.9. The molecule has 3 heterocycles. The van der Waals surface area contributed by atoms with Gasteiger partial charge in [-0.25, -0.2) is 4.98 Å². The van der Waals surface area contributed by atoms with Gasteiger partial charge in [-0.3, -0.25) is 9.78 Å². The van der Waals surface area contributed by atoms with Crippen molar-refractivity contribution >= 4 is 40.2 Å². The number of nitrogens with one attached hydrogen (secondary N) is 1. The van der Waals surface area contributed by atoms with E-state index >= 15 is 0 Å². The summed E-state index contributed by atoms with van der Waals surface area (Å²) in [5, 5.41) is 4.47. The SMILES string of the molecule is COn1c(=O)c(-c2c(Cl)cccc2Cl)cc2cnc(NCc3ccncc3)nc21. The Kier molecular flexibility index (Phi) is 5.33. The van der Waals surface area contributed by atoms with Gasteiger partial charge in [0.05, 0.1) is 15.6 Å². The van der Waals surface area contributed by atoms with Crippen LogP contribution in [0.2, 0.25) is 10.0 Å². The van der Waals surface area contributed by atoms with Gasteiger partial charge in [0.1, 0.15) is 7.11 Å². The summed E-state index contributed by atoms with van der Waals surface area (Å²) in [7, 11) is 1.39. The first-order chi connectivity index (χ1) is 14.1. The Morgan fingerprint density at radius 3 is 2.55 bits per heavy atom. The van der Waals surface area contributed by atoms with E-state index in [1.165, 1.54) is 7.11 Å². The van der Waals surface area contributed by atoms with Crippen molar-refractivity contribution in [2.24, 2.45) is 0 Å². The molecule has 29 heavy (non-hydrogen) atoms. The van der Waals surface area contributed by atoms with Gasteiger partial charge >= 0.3 is 0 Å². The highest BCUT2D eigenvalue weighted by Crippen LogP contribution is 2.33. The average Bonchev–Trinajstić information content (AvgIpc) is 2.73. The molecule has 0 unspecified atom stereocenters. The van der Waals surface area contributed by atoms with E-state index in [9.17, 15) is 4.79 Å². The van der Waals surface area contributed by atoms with Gasteiger partial charge in [-0.2, -0.15) is 4.98 Å². The fraction of sp³-hybridized carbons (Fsp3) is 0.100. The van der Waals surface area contributed by atoms with Gasteiger partial charge in [-0.05, 0) is 35.9 Å². The number of halogens is 2. The molecule has 0 aliphatic heterocycles. The van der Waals surface area contributed by atoms with Crippen molar-refractivity contribution in [3.8, 4) is 11.1 Å². The highest BCUT2D eigenvalue weighted by atomic mass is 35.5. The van der Waals surface area contributed by atoms with Crippen LogP contribution >= 0.6 is 23.2 Å². The minimum Gasteiger partial charge on any atom is -0.412 e. The van der Waals surface area contributed by atoms with Gasteiger partial charge in [0.15, 0.2) is 5.65 Å². The molecule has 146 valence electrons. The zero-order valence-electron chi connectivity index (χ0n) is 15.3. The van der Waals surface area contributed by atoms with E-state index in [1.807, 2.05) is 12.1 Å². The van der Waals surface area contributed by atoms with Gasteiger partial charge in [-0.15, -0.1) is 4.73 Å². The van der Waals surface area contributed by atoms with Crippen LogP contribution in [0, 0.1) is 0 Å². The highest BCUT2D eigenvalue weighted by Gasteiger charge is 2.18. The summed E-state index contributed by atoms with van der Waals surface area (Å²) < 4.78 is 1.10. The molecule has 3 aromatic heterocycles. The second kappa shape index (κ2) is 8.06. The van der Waals surface area contributed by atoms with Crippen LogP contribution in [0.1, 0.15) is 5.56 Å². The Morgan fingerprint density at radius 2 is 1.86 bits per heavy atom. The molecule has 0 aliphatic carbocycles. The van der Waals surface area contributed by atoms with Gasteiger partial charge < -0.3 is 10.2 Å². The molecule has 0 bridgehead atoms. The van der Waals surface area contributed by atoms with Crippen LogP contribution < -0.4 is 15.7 Å². The van der Waals surface area contributed by atoms with E-state index in [0.717, 1.165) is 10.3 Å². The number of rotatable bonds is 5. The van der Waals surface area contributed by atoms with Crippen LogP contribution in [-0.2, 0) is 6.54 Å². The Hall–Kier alpha value is -3.16. The fourth-order valence-electron chi connectivity index (χ4n) is 2.94. The van der Waals surface area contributed by atoms with E-state index in [2.05, 4.69) is 20.3 Å². The van der Waals surface area contributed by atoms with Crippen LogP contribution in [0.3, 0.4) is 0 Å². The molecule has 0 fully saturated rings. The summed E-state index contributed by atoms with van der Waals surface area (Å²) in [5.74, 6) is 0.364. The minimum absolute atomic E-state index is 0.302. The molecular formula is C20H15Cl2N5O2. The summed E-state index contributed by atoms with van der Waals surface area (Å²) in [5.41, 5.74) is 1.67. The first kappa shape index (κ1) is 19.2. The predicted molar refractivity (Wildman–Crippen MR) is 113 cm³/mol. The number of aromatic nitrogens is 4. The van der Waals surface area contributed by atoms with E-state index in [-0.39, 0.29) is 0 Å². The third kappa shape index (κ3) is 3.74. The largest absolute Gasteiger partial charge is 0.412 e. The number of benzene rings is 1. The van der Waals surface area contributed by atoms with E-state index in [0.29, 0.717) is 44.7 Å². The average molecular weight is 428 g/mol. The Balaban J connectivity index is 1.79. The molecule has 0 saturated carbocycles. The first-order valence-corrected chi connectivity index (χ1v) is 9.38. The third-order valence-electron chi connectivity index (χ3n) is 4.32. The van der Waals surface area contributed by atoms with Crippen molar-refractivity contribution < 1.29 is 4.84 Å². The molecule has 9 heteroatoms. The third-order valence-corrected chi connectivity index (χ3v) is 4.95. The zero-order chi connectivity index (χ0) is 20.4. The van der Waals surface area contributed by atoms with Crippen molar-refractivity contribution in [1.29, 1.82) is 0 Å². The van der Waals surface area contributed by atoms with Crippen LogP contribution in [0.15, 0.2) is 59.8 Å². The number of anilines is 1. The number of hydrogen-bond donors (Lipinski definition) is 1. The molecule has 4 rings (SSSR count). The minimum atomic E-state index is -0.422. The highest BCUT2D eigenvalue weighted by molar-refractivity contribution is 6.39. The lowest BCUT2D eigenvalue weighted by Gasteiger charge is -2.13. The fourth-order valence-corrected chi connectivity index (χ4v) is 3.54. The summed E-state index contributed by atoms with van der Waals surface area (Å²) in [6.45, 7) is 0.512. The van der Waals surface area contributed by atoms with Crippen molar-refractivity contribution in [2.45, 2.75) is 6.54 Å². The van der Waals surface area contributed by atoms with Gasteiger partial charge in [0, 0.05) is 36.1 Å². The molecule has 7 nitrogen and oxygen atoms in total. The van der Waals surface area contributed by atoms with Crippen LogP contribution in [0.4, 0.5) is 5.95 Å². The maximum Gasteiger partial charge on any atom is 0.293 e. The summed E-state index contributed by atoms with van der Waals surface area (Å²) in [6.07, 6.45) is 5.03. The molecule has 0 spiro atoms. The van der Waals surface area contributed by atoms with Crippen molar-refractivity contribution in [3.05, 3.63) is 81.0 Å². The molecule has 0 radical (unpaired) electrons. The summed E-state index contributed by atoms with van der Waals surface area (Å²) in [6, 6.07) is 10.5. The number of fused-ring (bicyclic) bond motifs is 1. The van der Waals surface area contributed by atoms with Crippen molar-refractivity contribution in [1.82, 2.24) is 19.7 Å². The number of hydrogen-bond acceptors (Lipinski definition) is 6. The summed E-state index contributed by atoms with van der Waals surface area (Å²) in [4.78, 5) is 31.1. The van der Waals surface area contributed by atoms with E-state index < -0.39 is 5.56 Å². The Labute approximate surface area is 175 Å². The standard InChI is InChI=1S/C20H15Cl2N5O2/c1-29-27-18-13(9-14(19(27)28)17-15(21)3-2-4-16(17)22)11-25-20(26-18)24-10-12-5-7-23-8-6-12/h2-9,11H,10H2,1H3,(H,24,25,26). The van der Waals surface area contributed by atoms with E-state index in [1.54, 1.807) is 42.9 Å². The monoisotopic (exact) mass is 427 g/mol. The molecular weight excluding hydrogens is 413 g/mol. The molecule has 0 atom stereocenters. The maximum absolute atomic E-state index is 13.0.